The second kappa shape index (κ2) is 8.76. The molecule has 1 heteroatoms. The Morgan fingerprint density at radius 2 is 1.87 bits per heavy atom. The molecule has 0 nitrogen and oxygen atoms in total. The van der Waals surface area contributed by atoms with Gasteiger partial charge >= 0.3 is 99.8 Å². The van der Waals surface area contributed by atoms with Crippen molar-refractivity contribution in [3.63, 3.8) is 0 Å². The average Bonchev–Trinajstić information content (AvgIpc) is 2.29. The van der Waals surface area contributed by atoms with Crippen molar-refractivity contribution >= 4 is 19.4 Å². The van der Waals surface area contributed by atoms with Crippen LogP contribution in [0.1, 0.15) is 32.6 Å². The molecule has 82 valence electrons. The van der Waals surface area contributed by atoms with E-state index in [-0.39, 0.29) is 0 Å². The molecule has 0 atom stereocenters. The zero-order chi connectivity index (χ0) is 10.8. The Kier molecular flexibility index (Phi) is 7.33. The zero-order valence-electron chi connectivity index (χ0n) is 9.49. The fourth-order valence-electron chi connectivity index (χ4n) is 1.36. The summed E-state index contributed by atoms with van der Waals surface area (Å²) in [5.74, 6) is 0. The van der Waals surface area contributed by atoms with Gasteiger partial charge < -0.3 is 0 Å². The van der Waals surface area contributed by atoms with Crippen LogP contribution in [0.25, 0.3) is 0 Å². The predicted octanol–water partition coefficient (Wildman–Crippen LogP) is 3.57. The molecule has 15 heavy (non-hydrogen) atoms. The second-order valence-electron chi connectivity index (χ2n) is 3.59. The molecule has 0 radical (unpaired) electrons. The van der Waals surface area contributed by atoms with Crippen LogP contribution in [0.2, 0.25) is 5.32 Å². The molecule has 1 aromatic carbocycles. The van der Waals surface area contributed by atoms with Gasteiger partial charge in [-0.05, 0) is 0 Å². The van der Waals surface area contributed by atoms with Crippen LogP contribution in [0.15, 0.2) is 42.5 Å². The van der Waals surface area contributed by atoms with Crippen LogP contribution in [0, 0.1) is 0 Å². The fraction of sp³-hybridized carbons (Fsp3) is 0.429. The molecule has 0 N–H and O–H groups in total. The Balaban J connectivity index is 2.06. The van der Waals surface area contributed by atoms with Crippen molar-refractivity contribution < 1.29 is 0 Å². The van der Waals surface area contributed by atoms with Crippen molar-refractivity contribution in [2.45, 2.75) is 37.9 Å². The van der Waals surface area contributed by atoms with Gasteiger partial charge in [0.05, 0.1) is 0 Å². The summed E-state index contributed by atoms with van der Waals surface area (Å²) < 4.78 is 1.50. The fourth-order valence-corrected chi connectivity index (χ4v) is 2.98. The molecular formula is C14H20Se. The SMILES string of the molecule is CCCCCC=CC[Se]c1ccccc1. The molecule has 0 aliphatic rings. The van der Waals surface area contributed by atoms with Crippen LogP contribution in [-0.2, 0) is 0 Å². The molecule has 1 aromatic rings. The van der Waals surface area contributed by atoms with Crippen LogP contribution in [0.5, 0.6) is 0 Å². The van der Waals surface area contributed by atoms with Gasteiger partial charge in [-0.2, -0.15) is 0 Å². The van der Waals surface area contributed by atoms with Crippen LogP contribution < -0.4 is 4.46 Å². The monoisotopic (exact) mass is 268 g/mol. The summed E-state index contributed by atoms with van der Waals surface area (Å²) in [4.78, 5) is 0. The van der Waals surface area contributed by atoms with Crippen LogP contribution in [-0.4, -0.2) is 15.0 Å². The van der Waals surface area contributed by atoms with E-state index in [0.29, 0.717) is 15.0 Å². The maximum absolute atomic E-state index is 2.35. The van der Waals surface area contributed by atoms with E-state index < -0.39 is 0 Å². The topological polar surface area (TPSA) is 0 Å². The first-order valence-corrected chi connectivity index (χ1v) is 7.83. The van der Waals surface area contributed by atoms with E-state index in [1.807, 2.05) is 0 Å². The van der Waals surface area contributed by atoms with E-state index >= 15 is 0 Å². The minimum absolute atomic E-state index is 0.627. The van der Waals surface area contributed by atoms with Gasteiger partial charge in [-0.3, -0.25) is 0 Å². The first-order chi connectivity index (χ1) is 7.43. The molecule has 0 unspecified atom stereocenters. The zero-order valence-corrected chi connectivity index (χ0v) is 11.2. The summed E-state index contributed by atoms with van der Waals surface area (Å²) in [6, 6.07) is 10.8. The summed E-state index contributed by atoms with van der Waals surface area (Å²) in [6.07, 6.45) is 10.0. The Morgan fingerprint density at radius 3 is 2.60 bits per heavy atom. The van der Waals surface area contributed by atoms with Gasteiger partial charge in [-0.1, -0.05) is 0 Å². The van der Waals surface area contributed by atoms with E-state index in [0.717, 1.165) is 0 Å². The third kappa shape index (κ3) is 6.54. The maximum atomic E-state index is 2.35. The Labute approximate surface area is 99.9 Å². The molecule has 0 fully saturated rings. The van der Waals surface area contributed by atoms with Crippen molar-refractivity contribution in [2.24, 2.45) is 0 Å². The summed E-state index contributed by atoms with van der Waals surface area (Å²) in [5, 5.41) is 1.24. The standard InChI is InChI=1S/C14H20Se/c1-2-3-4-5-6-10-13-15-14-11-8-7-9-12-14/h6-12H,2-5,13H2,1H3. The normalized spacial score (nSPS) is 11.0. The van der Waals surface area contributed by atoms with Crippen LogP contribution in [0.3, 0.4) is 0 Å². The molecule has 0 saturated carbocycles. The second-order valence-corrected chi connectivity index (χ2v) is 5.89. The van der Waals surface area contributed by atoms with Crippen molar-refractivity contribution in [1.29, 1.82) is 0 Å². The summed E-state index contributed by atoms with van der Waals surface area (Å²) >= 11 is 0.627. The van der Waals surface area contributed by atoms with E-state index in [2.05, 4.69) is 49.4 Å². The molecule has 0 amide bonds. The van der Waals surface area contributed by atoms with Gasteiger partial charge in [0.25, 0.3) is 0 Å². The van der Waals surface area contributed by atoms with E-state index in [9.17, 15) is 0 Å². The number of hydrogen-bond acceptors (Lipinski definition) is 0. The van der Waals surface area contributed by atoms with Crippen molar-refractivity contribution in [2.75, 3.05) is 0 Å². The Bertz CT molecular complexity index is 264. The quantitative estimate of drug-likeness (QED) is 0.402. The van der Waals surface area contributed by atoms with Gasteiger partial charge in [0.15, 0.2) is 0 Å². The van der Waals surface area contributed by atoms with Crippen molar-refractivity contribution in [1.82, 2.24) is 0 Å². The predicted molar refractivity (Wildman–Crippen MR) is 69.9 cm³/mol. The van der Waals surface area contributed by atoms with E-state index in [1.54, 1.807) is 0 Å². The minimum atomic E-state index is 0.627. The van der Waals surface area contributed by atoms with Crippen molar-refractivity contribution in [3.05, 3.63) is 42.5 Å². The number of allylic oxidation sites excluding steroid dienone is 2. The molecule has 0 heterocycles. The van der Waals surface area contributed by atoms with E-state index in [1.165, 1.54) is 35.5 Å². The molecular weight excluding hydrogens is 247 g/mol. The Hall–Kier alpha value is -0.521. The molecule has 0 saturated heterocycles. The summed E-state index contributed by atoms with van der Waals surface area (Å²) in [5.41, 5.74) is 0. The van der Waals surface area contributed by atoms with Gasteiger partial charge in [-0.15, -0.1) is 0 Å². The molecule has 0 spiro atoms. The molecule has 0 aliphatic heterocycles. The summed E-state index contributed by atoms with van der Waals surface area (Å²) in [6.45, 7) is 2.25. The third-order valence-electron chi connectivity index (χ3n) is 2.23. The van der Waals surface area contributed by atoms with Crippen molar-refractivity contribution in [3.8, 4) is 0 Å². The Morgan fingerprint density at radius 1 is 1.07 bits per heavy atom. The number of rotatable bonds is 7. The first kappa shape index (κ1) is 12.5. The van der Waals surface area contributed by atoms with E-state index in [4.69, 9.17) is 0 Å². The molecule has 0 aromatic heterocycles. The number of unbranched alkanes of at least 4 members (excludes halogenated alkanes) is 3. The van der Waals surface area contributed by atoms with Gasteiger partial charge in [-0.25, -0.2) is 0 Å². The molecule has 0 aliphatic carbocycles. The first-order valence-electron chi connectivity index (χ1n) is 5.76. The van der Waals surface area contributed by atoms with Gasteiger partial charge in [0, 0.05) is 0 Å². The molecule has 1 rings (SSSR count). The summed E-state index contributed by atoms with van der Waals surface area (Å²) in [7, 11) is 0. The molecule has 0 bridgehead atoms. The van der Waals surface area contributed by atoms with Crippen LogP contribution >= 0.6 is 0 Å². The number of hydrogen-bond donors (Lipinski definition) is 0. The van der Waals surface area contributed by atoms with Crippen LogP contribution in [0.4, 0.5) is 0 Å². The average molecular weight is 267 g/mol. The third-order valence-corrected chi connectivity index (χ3v) is 4.25. The number of benzene rings is 1. The van der Waals surface area contributed by atoms with Gasteiger partial charge in [0.1, 0.15) is 0 Å². The van der Waals surface area contributed by atoms with Gasteiger partial charge in [0.2, 0.25) is 0 Å².